The van der Waals surface area contributed by atoms with Gasteiger partial charge in [-0.25, -0.2) is 0 Å². The molecule has 2 heterocycles. The van der Waals surface area contributed by atoms with Crippen molar-refractivity contribution in [3.63, 3.8) is 0 Å². The molecule has 33 heavy (non-hydrogen) atoms. The first kappa shape index (κ1) is 23.3. The van der Waals surface area contributed by atoms with Crippen molar-refractivity contribution >= 4 is 33.4 Å². The number of phenolic OH excluding ortho intramolecular Hbond substituents is 1. The molecule has 0 radical (unpaired) electrons. The lowest BCUT2D eigenvalue weighted by Crippen LogP contribution is -2.42. The lowest BCUT2D eigenvalue weighted by atomic mass is 9.95. The number of Topliss-reactive ketones (excluding diaryl/α,β-unsaturated/α-hetero) is 1. The summed E-state index contributed by atoms with van der Waals surface area (Å²) in [6, 6.07) is 10.9. The van der Waals surface area contributed by atoms with Gasteiger partial charge in [-0.1, -0.05) is 28.1 Å². The van der Waals surface area contributed by atoms with Gasteiger partial charge in [-0.2, -0.15) is 0 Å². The van der Waals surface area contributed by atoms with Crippen LogP contribution in [0.25, 0.3) is 5.76 Å². The number of amides is 1. The average molecular weight is 517 g/mol. The number of ketones is 1. The van der Waals surface area contributed by atoms with E-state index in [2.05, 4.69) is 20.8 Å². The van der Waals surface area contributed by atoms with Gasteiger partial charge in [0.25, 0.3) is 11.7 Å². The van der Waals surface area contributed by atoms with Crippen molar-refractivity contribution in [1.82, 2.24) is 9.80 Å². The Kier molecular flexibility index (Phi) is 7.02. The molecule has 0 unspecified atom stereocenters. The second-order valence-electron chi connectivity index (χ2n) is 7.88. The molecule has 2 aliphatic heterocycles. The molecule has 2 aromatic rings. The normalized spacial score (nSPS) is 20.9. The predicted molar refractivity (Wildman–Crippen MR) is 125 cm³/mol. The van der Waals surface area contributed by atoms with Crippen LogP contribution in [0.2, 0.25) is 0 Å². The van der Waals surface area contributed by atoms with E-state index in [1.165, 1.54) is 24.1 Å². The van der Waals surface area contributed by atoms with E-state index in [9.17, 15) is 19.8 Å². The summed E-state index contributed by atoms with van der Waals surface area (Å²) in [5.74, 6) is -1.73. The molecule has 0 aromatic heterocycles. The summed E-state index contributed by atoms with van der Waals surface area (Å²) in [5, 5.41) is 21.6. The maximum Gasteiger partial charge on any atom is 0.295 e. The van der Waals surface area contributed by atoms with E-state index in [4.69, 9.17) is 9.47 Å². The lowest BCUT2D eigenvalue weighted by molar-refractivity contribution is -0.140. The van der Waals surface area contributed by atoms with E-state index in [0.717, 1.165) is 17.6 Å². The number of carbonyl (C=O) groups excluding carboxylic acids is 2. The number of halogens is 1. The van der Waals surface area contributed by atoms with Gasteiger partial charge in [-0.05, 0) is 29.8 Å². The van der Waals surface area contributed by atoms with Crippen LogP contribution in [0.15, 0.2) is 52.5 Å². The number of phenols is 1. The Bertz CT molecular complexity index is 1100. The van der Waals surface area contributed by atoms with E-state index in [0.29, 0.717) is 37.6 Å². The second-order valence-corrected chi connectivity index (χ2v) is 8.80. The first-order chi connectivity index (χ1) is 15.9. The summed E-state index contributed by atoms with van der Waals surface area (Å²) in [6.45, 7) is 3.66. The summed E-state index contributed by atoms with van der Waals surface area (Å²) in [4.78, 5) is 29.9. The van der Waals surface area contributed by atoms with Gasteiger partial charge in [0.2, 0.25) is 0 Å². The number of methoxy groups -OCH3 is 1. The first-order valence-electron chi connectivity index (χ1n) is 10.6. The SMILES string of the molecule is COc1ccc(C(O)=C2C(=O)C(=O)N(CCN3CCOCC3)[C@H]2c2cccc(Br)c2)c(O)c1. The molecule has 1 amide bonds. The number of aliphatic hydroxyl groups is 1. The highest BCUT2D eigenvalue weighted by molar-refractivity contribution is 9.10. The summed E-state index contributed by atoms with van der Waals surface area (Å²) in [5.41, 5.74) is 0.683. The fourth-order valence-electron chi connectivity index (χ4n) is 4.19. The Balaban J connectivity index is 1.76. The number of morpholine rings is 1. The summed E-state index contributed by atoms with van der Waals surface area (Å²) < 4.78 is 11.3. The van der Waals surface area contributed by atoms with Crippen molar-refractivity contribution in [2.75, 3.05) is 46.5 Å². The Hall–Kier alpha value is -2.88. The van der Waals surface area contributed by atoms with Gasteiger partial charge in [-0.15, -0.1) is 0 Å². The van der Waals surface area contributed by atoms with Gasteiger partial charge in [0.15, 0.2) is 0 Å². The van der Waals surface area contributed by atoms with Gasteiger partial charge in [0.1, 0.15) is 17.3 Å². The first-order valence-corrected chi connectivity index (χ1v) is 11.4. The topological polar surface area (TPSA) is 99.5 Å². The third kappa shape index (κ3) is 4.75. The number of ether oxygens (including phenoxy) is 2. The third-order valence-electron chi connectivity index (χ3n) is 5.93. The van der Waals surface area contributed by atoms with Crippen LogP contribution in [0.1, 0.15) is 17.2 Å². The maximum absolute atomic E-state index is 13.1. The highest BCUT2D eigenvalue weighted by atomic mass is 79.9. The van der Waals surface area contributed by atoms with Crippen molar-refractivity contribution in [2.45, 2.75) is 6.04 Å². The zero-order valence-electron chi connectivity index (χ0n) is 18.2. The molecule has 4 rings (SSSR count). The highest BCUT2D eigenvalue weighted by Crippen LogP contribution is 2.41. The van der Waals surface area contributed by atoms with E-state index in [1.807, 2.05) is 24.3 Å². The number of rotatable bonds is 6. The van der Waals surface area contributed by atoms with Gasteiger partial charge in [-0.3, -0.25) is 14.5 Å². The molecule has 8 nitrogen and oxygen atoms in total. The molecular weight excluding hydrogens is 492 g/mol. The van der Waals surface area contributed by atoms with Crippen molar-refractivity contribution in [3.8, 4) is 11.5 Å². The molecule has 0 spiro atoms. The highest BCUT2D eigenvalue weighted by Gasteiger charge is 2.46. The molecule has 174 valence electrons. The van der Waals surface area contributed by atoms with Crippen LogP contribution >= 0.6 is 15.9 Å². The fourth-order valence-corrected chi connectivity index (χ4v) is 4.61. The lowest BCUT2D eigenvalue weighted by Gasteiger charge is -2.31. The summed E-state index contributed by atoms with van der Waals surface area (Å²) in [6.07, 6.45) is 0. The molecule has 2 fully saturated rings. The van der Waals surface area contributed by atoms with Crippen molar-refractivity contribution in [3.05, 3.63) is 63.6 Å². The Morgan fingerprint density at radius 1 is 1.15 bits per heavy atom. The van der Waals surface area contributed by atoms with E-state index >= 15 is 0 Å². The number of hydrogen-bond acceptors (Lipinski definition) is 7. The van der Waals surface area contributed by atoms with Crippen LogP contribution in [-0.2, 0) is 14.3 Å². The average Bonchev–Trinajstić information content (AvgIpc) is 3.07. The minimum absolute atomic E-state index is 0.0551. The molecule has 2 aliphatic rings. The number of nitrogens with zero attached hydrogens (tertiary/aromatic N) is 2. The number of carbonyl (C=O) groups is 2. The molecule has 2 N–H and O–H groups in total. The smallest absolute Gasteiger partial charge is 0.295 e. The quantitative estimate of drug-likeness (QED) is 0.346. The van der Waals surface area contributed by atoms with Crippen LogP contribution in [-0.4, -0.2) is 78.2 Å². The molecular formula is C24H25BrN2O6. The predicted octanol–water partition coefficient (Wildman–Crippen LogP) is 2.92. The Morgan fingerprint density at radius 3 is 2.58 bits per heavy atom. The second kappa shape index (κ2) is 9.94. The largest absolute Gasteiger partial charge is 0.507 e. The molecule has 2 saturated heterocycles. The summed E-state index contributed by atoms with van der Waals surface area (Å²) >= 11 is 3.45. The third-order valence-corrected chi connectivity index (χ3v) is 6.42. The maximum atomic E-state index is 13.1. The van der Waals surface area contributed by atoms with Crippen LogP contribution < -0.4 is 4.74 Å². The molecule has 2 aromatic carbocycles. The molecule has 0 bridgehead atoms. The standard InChI is InChI=1S/C24H25BrN2O6/c1-32-17-5-6-18(19(28)14-17)22(29)20-21(15-3-2-4-16(25)13-15)27(24(31)23(20)30)8-7-26-9-11-33-12-10-26/h2-6,13-14,21,28-29H,7-12H2,1H3/t21-/m0/s1. The minimum Gasteiger partial charge on any atom is -0.507 e. The molecule has 0 saturated carbocycles. The molecule has 1 atom stereocenters. The number of hydrogen-bond donors (Lipinski definition) is 2. The number of aliphatic hydroxyl groups excluding tert-OH is 1. The number of aromatic hydroxyl groups is 1. The van der Waals surface area contributed by atoms with E-state index in [-0.39, 0.29) is 16.9 Å². The Morgan fingerprint density at radius 2 is 1.91 bits per heavy atom. The Labute approximate surface area is 200 Å². The molecule has 0 aliphatic carbocycles. The minimum atomic E-state index is -0.787. The number of benzene rings is 2. The van der Waals surface area contributed by atoms with Crippen molar-refractivity contribution < 1.29 is 29.3 Å². The van der Waals surface area contributed by atoms with Gasteiger partial charge < -0.3 is 24.6 Å². The zero-order chi connectivity index (χ0) is 23.5. The summed E-state index contributed by atoms with van der Waals surface area (Å²) in [7, 11) is 1.46. The molecule has 9 heteroatoms. The van der Waals surface area contributed by atoms with Gasteiger partial charge in [0, 0.05) is 36.7 Å². The van der Waals surface area contributed by atoms with Gasteiger partial charge >= 0.3 is 0 Å². The van der Waals surface area contributed by atoms with Crippen molar-refractivity contribution in [1.29, 1.82) is 0 Å². The fraction of sp³-hybridized carbons (Fsp3) is 0.333. The monoisotopic (exact) mass is 516 g/mol. The van der Waals surface area contributed by atoms with Crippen LogP contribution in [0.4, 0.5) is 0 Å². The van der Waals surface area contributed by atoms with Crippen LogP contribution in [0.5, 0.6) is 11.5 Å². The zero-order valence-corrected chi connectivity index (χ0v) is 19.7. The van der Waals surface area contributed by atoms with Crippen LogP contribution in [0.3, 0.4) is 0 Å². The van der Waals surface area contributed by atoms with E-state index < -0.39 is 23.5 Å². The van der Waals surface area contributed by atoms with Crippen LogP contribution in [0, 0.1) is 0 Å². The van der Waals surface area contributed by atoms with Crippen molar-refractivity contribution in [2.24, 2.45) is 0 Å². The number of likely N-dealkylation sites (tertiary alicyclic amines) is 1. The van der Waals surface area contributed by atoms with Gasteiger partial charge in [0.05, 0.1) is 37.5 Å². The van der Waals surface area contributed by atoms with E-state index in [1.54, 1.807) is 6.07 Å².